The van der Waals surface area contributed by atoms with Crippen LogP contribution in [0.3, 0.4) is 0 Å². The Bertz CT molecular complexity index is 223. The van der Waals surface area contributed by atoms with Crippen LogP contribution in [-0.2, 0) is 28.4 Å². The van der Waals surface area contributed by atoms with Crippen LogP contribution in [0.15, 0.2) is 0 Å². The first-order valence-corrected chi connectivity index (χ1v) is 7.33. The third kappa shape index (κ3) is 17.1. The molecule has 0 rings (SSSR count). The molecule has 0 amide bonds. The summed E-state index contributed by atoms with van der Waals surface area (Å²) in [6, 6.07) is 0. The molecule has 0 radical (unpaired) electrons. The van der Waals surface area contributed by atoms with Gasteiger partial charge in [-0.15, -0.1) is 0 Å². The van der Waals surface area contributed by atoms with Crippen LogP contribution in [0.25, 0.3) is 0 Å². The van der Waals surface area contributed by atoms with Crippen molar-refractivity contribution < 1.29 is 33.2 Å². The highest BCUT2D eigenvalue weighted by Crippen LogP contribution is 1.90. The van der Waals surface area contributed by atoms with Gasteiger partial charge in [-0.2, -0.15) is 0 Å². The molecule has 0 spiro atoms. The average Bonchev–Trinajstić information content (AvgIpc) is 2.49. The summed E-state index contributed by atoms with van der Waals surface area (Å²) in [6.07, 6.45) is 1.39. The fourth-order valence-electron chi connectivity index (χ4n) is 1.22. The zero-order valence-electron chi connectivity index (χ0n) is 13.1. The van der Waals surface area contributed by atoms with E-state index in [1.807, 2.05) is 0 Å². The Balaban J connectivity index is 3.12. The minimum atomic E-state index is -0.700. The summed E-state index contributed by atoms with van der Waals surface area (Å²) in [5.74, 6) is 0. The molecule has 0 N–H and O–H groups in total. The van der Waals surface area contributed by atoms with Gasteiger partial charge in [0.1, 0.15) is 13.2 Å². The molecule has 0 fully saturated rings. The van der Waals surface area contributed by atoms with Crippen LogP contribution in [0.4, 0.5) is 4.79 Å². The van der Waals surface area contributed by atoms with Gasteiger partial charge < -0.3 is 28.4 Å². The molecule has 0 aromatic carbocycles. The van der Waals surface area contributed by atoms with E-state index in [0.29, 0.717) is 46.2 Å². The fourth-order valence-corrected chi connectivity index (χ4v) is 1.22. The number of carbonyl (C=O) groups excluding carboxylic acids is 1. The van der Waals surface area contributed by atoms with Crippen molar-refractivity contribution in [2.45, 2.75) is 19.8 Å². The molecular weight excluding hydrogens is 280 g/mol. The number of ether oxygens (including phenoxy) is 6. The Labute approximate surface area is 126 Å². The molecule has 0 heterocycles. The molecule has 7 nitrogen and oxygen atoms in total. The van der Waals surface area contributed by atoms with Gasteiger partial charge in [0.2, 0.25) is 0 Å². The topological polar surface area (TPSA) is 72.5 Å². The molecule has 0 bridgehead atoms. The first-order chi connectivity index (χ1) is 10.3. The summed E-state index contributed by atoms with van der Waals surface area (Å²) in [4.78, 5) is 11.1. The van der Waals surface area contributed by atoms with Crippen molar-refractivity contribution in [1.29, 1.82) is 0 Å². The number of hydrogen-bond acceptors (Lipinski definition) is 7. The molecule has 0 saturated heterocycles. The van der Waals surface area contributed by atoms with E-state index >= 15 is 0 Å². The molecule has 0 aromatic rings. The minimum Gasteiger partial charge on any atom is -0.432 e. The predicted molar refractivity (Wildman–Crippen MR) is 76.5 cm³/mol. The maximum atomic E-state index is 11.1. The van der Waals surface area contributed by atoms with Gasteiger partial charge >= 0.3 is 6.16 Å². The Morgan fingerprint density at radius 3 is 1.71 bits per heavy atom. The van der Waals surface area contributed by atoms with Gasteiger partial charge in [-0.1, -0.05) is 13.3 Å². The third-order valence-corrected chi connectivity index (χ3v) is 2.34. The Morgan fingerprint density at radius 1 is 0.714 bits per heavy atom. The number of methoxy groups -OCH3 is 1. The van der Waals surface area contributed by atoms with Gasteiger partial charge in [0, 0.05) is 13.7 Å². The van der Waals surface area contributed by atoms with E-state index < -0.39 is 6.16 Å². The van der Waals surface area contributed by atoms with Crippen molar-refractivity contribution >= 4 is 6.16 Å². The lowest BCUT2D eigenvalue weighted by Crippen LogP contribution is -2.16. The molecule has 0 aromatic heterocycles. The van der Waals surface area contributed by atoms with E-state index in [-0.39, 0.29) is 13.2 Å². The van der Waals surface area contributed by atoms with Crippen LogP contribution in [0.2, 0.25) is 0 Å². The predicted octanol–water partition coefficient (Wildman–Crippen LogP) is 1.64. The summed E-state index contributed by atoms with van der Waals surface area (Å²) in [7, 11) is 1.62. The van der Waals surface area contributed by atoms with Gasteiger partial charge in [0.25, 0.3) is 0 Å². The lowest BCUT2D eigenvalue weighted by atomic mass is 10.4. The first-order valence-electron chi connectivity index (χ1n) is 7.33. The average molecular weight is 308 g/mol. The largest absolute Gasteiger partial charge is 0.508 e. The molecule has 0 saturated carbocycles. The van der Waals surface area contributed by atoms with Crippen LogP contribution in [-0.4, -0.2) is 72.7 Å². The fraction of sp³-hybridized carbons (Fsp3) is 0.929. The van der Waals surface area contributed by atoms with Crippen molar-refractivity contribution in [2.75, 3.05) is 66.6 Å². The second-order valence-corrected chi connectivity index (χ2v) is 4.13. The standard InChI is InChI=1S/C14H28O7/c1-3-4-5-17-10-12-20-14(15)21-13-11-19-9-8-18-7-6-16-2/h3-13H2,1-2H3. The number of rotatable bonds is 15. The zero-order valence-corrected chi connectivity index (χ0v) is 13.1. The number of hydrogen-bond donors (Lipinski definition) is 0. The molecule has 0 aliphatic rings. The number of carbonyl (C=O) groups is 1. The van der Waals surface area contributed by atoms with Crippen LogP contribution < -0.4 is 0 Å². The van der Waals surface area contributed by atoms with Crippen LogP contribution in [0.1, 0.15) is 19.8 Å². The molecule has 7 heteroatoms. The van der Waals surface area contributed by atoms with E-state index in [9.17, 15) is 4.79 Å². The normalized spacial score (nSPS) is 10.6. The maximum Gasteiger partial charge on any atom is 0.508 e. The van der Waals surface area contributed by atoms with Crippen molar-refractivity contribution in [1.82, 2.24) is 0 Å². The molecule has 0 unspecified atom stereocenters. The summed E-state index contributed by atoms with van der Waals surface area (Å²) in [5.41, 5.74) is 0. The van der Waals surface area contributed by atoms with Crippen LogP contribution >= 0.6 is 0 Å². The molecule has 0 aliphatic heterocycles. The highest BCUT2D eigenvalue weighted by atomic mass is 16.7. The van der Waals surface area contributed by atoms with Crippen molar-refractivity contribution in [3.05, 3.63) is 0 Å². The van der Waals surface area contributed by atoms with Crippen LogP contribution in [0.5, 0.6) is 0 Å². The second-order valence-electron chi connectivity index (χ2n) is 4.13. The monoisotopic (exact) mass is 308 g/mol. The molecule has 21 heavy (non-hydrogen) atoms. The summed E-state index contributed by atoms with van der Waals surface area (Å²) in [5, 5.41) is 0. The van der Waals surface area contributed by atoms with E-state index in [4.69, 9.17) is 28.4 Å². The first kappa shape index (κ1) is 20.1. The van der Waals surface area contributed by atoms with E-state index in [2.05, 4.69) is 6.92 Å². The summed E-state index contributed by atoms with van der Waals surface area (Å²) in [6.45, 7) is 5.90. The summed E-state index contributed by atoms with van der Waals surface area (Å²) >= 11 is 0. The third-order valence-electron chi connectivity index (χ3n) is 2.34. The van der Waals surface area contributed by atoms with Gasteiger partial charge in [-0.25, -0.2) is 4.79 Å². The molecule has 0 aliphatic carbocycles. The van der Waals surface area contributed by atoms with Crippen LogP contribution in [0, 0.1) is 0 Å². The molecule has 126 valence electrons. The summed E-state index contributed by atoms with van der Waals surface area (Å²) < 4.78 is 30.1. The maximum absolute atomic E-state index is 11.1. The van der Waals surface area contributed by atoms with E-state index in [0.717, 1.165) is 12.8 Å². The van der Waals surface area contributed by atoms with Crippen molar-refractivity contribution in [2.24, 2.45) is 0 Å². The Kier molecular flexibility index (Phi) is 16.4. The lowest BCUT2D eigenvalue weighted by molar-refractivity contribution is -0.00488. The minimum absolute atomic E-state index is 0.160. The van der Waals surface area contributed by atoms with Crippen molar-refractivity contribution in [3.8, 4) is 0 Å². The molecule has 0 atom stereocenters. The zero-order chi connectivity index (χ0) is 15.6. The van der Waals surface area contributed by atoms with E-state index in [1.54, 1.807) is 7.11 Å². The highest BCUT2D eigenvalue weighted by Gasteiger charge is 2.03. The smallest absolute Gasteiger partial charge is 0.432 e. The van der Waals surface area contributed by atoms with Gasteiger partial charge in [-0.05, 0) is 6.42 Å². The SMILES string of the molecule is CCCCOCCOC(=O)OCCOCCOCCOC. The lowest BCUT2D eigenvalue weighted by Gasteiger charge is -2.08. The Hall–Kier alpha value is -0.890. The highest BCUT2D eigenvalue weighted by molar-refractivity contribution is 5.59. The molecular formula is C14H28O7. The quantitative estimate of drug-likeness (QED) is 0.336. The Morgan fingerprint density at radius 2 is 1.19 bits per heavy atom. The van der Waals surface area contributed by atoms with Crippen molar-refractivity contribution in [3.63, 3.8) is 0 Å². The van der Waals surface area contributed by atoms with E-state index in [1.165, 1.54) is 0 Å². The number of unbranched alkanes of at least 4 members (excludes halogenated alkanes) is 1. The second kappa shape index (κ2) is 17.2. The van der Waals surface area contributed by atoms with Gasteiger partial charge in [0.15, 0.2) is 0 Å². The van der Waals surface area contributed by atoms with Gasteiger partial charge in [0.05, 0.1) is 39.6 Å². The van der Waals surface area contributed by atoms with Gasteiger partial charge in [-0.3, -0.25) is 0 Å².